The molecule has 0 radical (unpaired) electrons. The van der Waals surface area contributed by atoms with E-state index in [-0.39, 0.29) is 12.1 Å². The van der Waals surface area contributed by atoms with Crippen LogP contribution in [0.3, 0.4) is 0 Å². The maximum atomic E-state index is 11.3. The van der Waals surface area contributed by atoms with Crippen LogP contribution in [-0.4, -0.2) is 51.6 Å². The largest absolute Gasteiger partial charge is 0.379 e. The van der Waals surface area contributed by atoms with Gasteiger partial charge in [-0.05, 0) is 6.42 Å². The third-order valence-corrected chi connectivity index (χ3v) is 2.06. The zero-order chi connectivity index (χ0) is 10.9. The Balaban J connectivity index is 1.93. The summed E-state index contributed by atoms with van der Waals surface area (Å²) in [5.41, 5.74) is 5.24. The van der Waals surface area contributed by atoms with Gasteiger partial charge in [-0.1, -0.05) is 0 Å². The van der Waals surface area contributed by atoms with Crippen LogP contribution >= 0.6 is 0 Å². The molecule has 0 saturated carbocycles. The van der Waals surface area contributed by atoms with Gasteiger partial charge < -0.3 is 25.8 Å². The van der Waals surface area contributed by atoms with E-state index in [0.29, 0.717) is 32.9 Å². The van der Waals surface area contributed by atoms with E-state index in [1.54, 1.807) is 0 Å². The fraction of sp³-hybridized carbons (Fsp3) is 0.889. The molecule has 1 saturated heterocycles. The summed E-state index contributed by atoms with van der Waals surface area (Å²) in [6, 6.07) is -0.0168. The molecule has 88 valence electrons. The lowest BCUT2D eigenvalue weighted by atomic mass is 10.3. The number of carbonyl (C=O) groups excluding carboxylic acids is 1. The first-order valence-corrected chi connectivity index (χ1v) is 5.23. The van der Waals surface area contributed by atoms with E-state index in [1.165, 1.54) is 0 Å². The van der Waals surface area contributed by atoms with Gasteiger partial charge >= 0.3 is 6.03 Å². The highest BCUT2D eigenvalue weighted by Crippen LogP contribution is 2.02. The number of rotatable bonds is 6. The van der Waals surface area contributed by atoms with Crippen molar-refractivity contribution < 1.29 is 14.3 Å². The molecule has 1 unspecified atom stereocenters. The van der Waals surface area contributed by atoms with E-state index >= 15 is 0 Å². The molecule has 4 N–H and O–H groups in total. The molecule has 1 fully saturated rings. The molecule has 2 amide bonds. The fourth-order valence-corrected chi connectivity index (χ4v) is 1.31. The van der Waals surface area contributed by atoms with Gasteiger partial charge in [0.2, 0.25) is 0 Å². The zero-order valence-electron chi connectivity index (χ0n) is 8.83. The average molecular weight is 217 g/mol. The normalized spacial score (nSPS) is 20.2. The molecule has 15 heavy (non-hydrogen) atoms. The Morgan fingerprint density at radius 3 is 3.07 bits per heavy atom. The van der Waals surface area contributed by atoms with Gasteiger partial charge in [0.15, 0.2) is 0 Å². The lowest BCUT2D eigenvalue weighted by Gasteiger charge is -2.11. The van der Waals surface area contributed by atoms with Crippen molar-refractivity contribution in [2.45, 2.75) is 12.5 Å². The number of amides is 2. The topological polar surface area (TPSA) is 85.6 Å². The maximum Gasteiger partial charge on any atom is 0.315 e. The second-order valence-electron chi connectivity index (χ2n) is 3.36. The highest BCUT2D eigenvalue weighted by molar-refractivity contribution is 5.74. The first kappa shape index (κ1) is 12.2. The number of nitrogens with two attached hydrogens (primary N) is 1. The molecule has 6 nitrogen and oxygen atoms in total. The standard InChI is InChI=1S/C9H19N3O3/c10-2-5-14-6-3-11-9(13)12-8-1-4-15-7-8/h8H,1-7,10H2,(H2,11,12,13). The highest BCUT2D eigenvalue weighted by atomic mass is 16.5. The Morgan fingerprint density at radius 1 is 1.53 bits per heavy atom. The van der Waals surface area contributed by atoms with E-state index in [2.05, 4.69) is 10.6 Å². The quantitative estimate of drug-likeness (QED) is 0.501. The van der Waals surface area contributed by atoms with Gasteiger partial charge in [0.25, 0.3) is 0 Å². The van der Waals surface area contributed by atoms with Crippen molar-refractivity contribution in [2.75, 3.05) is 39.5 Å². The van der Waals surface area contributed by atoms with Gasteiger partial charge in [0, 0.05) is 19.7 Å². The van der Waals surface area contributed by atoms with Crippen molar-refractivity contribution >= 4 is 6.03 Å². The number of urea groups is 1. The van der Waals surface area contributed by atoms with Gasteiger partial charge in [0.05, 0.1) is 25.9 Å². The van der Waals surface area contributed by atoms with Crippen LogP contribution in [0.1, 0.15) is 6.42 Å². The minimum Gasteiger partial charge on any atom is -0.379 e. The third kappa shape index (κ3) is 5.56. The Morgan fingerprint density at radius 2 is 2.40 bits per heavy atom. The smallest absolute Gasteiger partial charge is 0.315 e. The van der Waals surface area contributed by atoms with E-state index in [1.807, 2.05) is 0 Å². The van der Waals surface area contributed by atoms with Crippen LogP contribution in [0.5, 0.6) is 0 Å². The summed E-state index contributed by atoms with van der Waals surface area (Å²) < 4.78 is 10.2. The van der Waals surface area contributed by atoms with Gasteiger partial charge in [-0.2, -0.15) is 0 Å². The summed E-state index contributed by atoms with van der Waals surface area (Å²) in [5, 5.41) is 5.51. The van der Waals surface area contributed by atoms with Crippen LogP contribution < -0.4 is 16.4 Å². The zero-order valence-corrected chi connectivity index (χ0v) is 8.83. The second-order valence-corrected chi connectivity index (χ2v) is 3.36. The Hall–Kier alpha value is -0.850. The molecule has 0 spiro atoms. The van der Waals surface area contributed by atoms with E-state index in [4.69, 9.17) is 15.2 Å². The van der Waals surface area contributed by atoms with Crippen LogP contribution in [0.25, 0.3) is 0 Å². The molecule has 1 atom stereocenters. The van der Waals surface area contributed by atoms with Gasteiger partial charge in [0.1, 0.15) is 0 Å². The molecule has 1 aliphatic heterocycles. The molecule has 1 aliphatic rings. The molecule has 0 aliphatic carbocycles. The second kappa shape index (κ2) is 7.44. The van der Waals surface area contributed by atoms with Crippen molar-refractivity contribution in [3.05, 3.63) is 0 Å². The molecule has 0 bridgehead atoms. The lowest BCUT2D eigenvalue weighted by Crippen LogP contribution is -2.43. The summed E-state index contributed by atoms with van der Waals surface area (Å²) in [6.45, 7) is 3.36. The van der Waals surface area contributed by atoms with Gasteiger partial charge in [-0.25, -0.2) is 4.79 Å². The Labute approximate surface area is 89.5 Å². The van der Waals surface area contributed by atoms with Crippen LogP contribution in [-0.2, 0) is 9.47 Å². The fourth-order valence-electron chi connectivity index (χ4n) is 1.31. The predicted octanol–water partition coefficient (Wildman–Crippen LogP) is -0.950. The average Bonchev–Trinajstić information content (AvgIpc) is 2.70. The molecule has 1 rings (SSSR count). The van der Waals surface area contributed by atoms with Crippen LogP contribution in [0.15, 0.2) is 0 Å². The van der Waals surface area contributed by atoms with E-state index in [0.717, 1.165) is 13.0 Å². The van der Waals surface area contributed by atoms with Crippen LogP contribution in [0.4, 0.5) is 4.79 Å². The predicted molar refractivity (Wildman–Crippen MR) is 55.6 cm³/mol. The number of nitrogens with one attached hydrogen (secondary N) is 2. The summed E-state index contributed by atoms with van der Waals surface area (Å²) >= 11 is 0. The molecular formula is C9H19N3O3. The summed E-state index contributed by atoms with van der Waals surface area (Å²) in [5.74, 6) is 0. The lowest BCUT2D eigenvalue weighted by molar-refractivity contribution is 0.143. The monoisotopic (exact) mass is 217 g/mol. The Bertz CT molecular complexity index is 183. The number of carbonyl (C=O) groups is 1. The highest BCUT2D eigenvalue weighted by Gasteiger charge is 2.16. The molecule has 1 heterocycles. The Kier molecular flexibility index (Phi) is 6.06. The summed E-state index contributed by atoms with van der Waals surface area (Å²) in [4.78, 5) is 11.3. The summed E-state index contributed by atoms with van der Waals surface area (Å²) in [7, 11) is 0. The van der Waals surface area contributed by atoms with E-state index < -0.39 is 0 Å². The number of ether oxygens (including phenoxy) is 2. The molecule has 6 heteroatoms. The molecule has 0 aromatic rings. The first-order valence-electron chi connectivity index (χ1n) is 5.23. The number of hydrogen-bond donors (Lipinski definition) is 3. The summed E-state index contributed by atoms with van der Waals surface area (Å²) in [6.07, 6.45) is 0.886. The minimum atomic E-state index is -0.165. The van der Waals surface area contributed by atoms with Crippen LogP contribution in [0, 0.1) is 0 Å². The van der Waals surface area contributed by atoms with E-state index in [9.17, 15) is 4.79 Å². The molecular weight excluding hydrogens is 198 g/mol. The maximum absolute atomic E-state index is 11.3. The van der Waals surface area contributed by atoms with Crippen molar-refractivity contribution in [1.29, 1.82) is 0 Å². The third-order valence-electron chi connectivity index (χ3n) is 2.06. The molecule has 0 aromatic heterocycles. The van der Waals surface area contributed by atoms with Gasteiger partial charge in [-0.15, -0.1) is 0 Å². The van der Waals surface area contributed by atoms with Crippen LogP contribution in [0.2, 0.25) is 0 Å². The SMILES string of the molecule is NCCOCCNC(=O)NC1CCOC1. The van der Waals surface area contributed by atoms with Crippen molar-refractivity contribution in [2.24, 2.45) is 5.73 Å². The first-order chi connectivity index (χ1) is 7.33. The minimum absolute atomic E-state index is 0.148. The number of hydrogen-bond acceptors (Lipinski definition) is 4. The molecule has 0 aromatic carbocycles. The van der Waals surface area contributed by atoms with Crippen molar-refractivity contribution in [3.8, 4) is 0 Å². The van der Waals surface area contributed by atoms with Gasteiger partial charge in [-0.3, -0.25) is 0 Å². The van der Waals surface area contributed by atoms with Crippen molar-refractivity contribution in [3.63, 3.8) is 0 Å². The van der Waals surface area contributed by atoms with Crippen molar-refractivity contribution in [1.82, 2.24) is 10.6 Å².